The van der Waals surface area contributed by atoms with Gasteiger partial charge in [-0.25, -0.2) is 19.2 Å². The molecule has 0 spiro atoms. The predicted octanol–water partition coefficient (Wildman–Crippen LogP) is 5.13. The molecule has 1 aromatic heterocycles. The molecule has 2 aliphatic heterocycles. The van der Waals surface area contributed by atoms with E-state index in [0.717, 1.165) is 43.6 Å². The van der Waals surface area contributed by atoms with Crippen molar-refractivity contribution >= 4 is 29.9 Å². The molecule has 0 atom stereocenters. The van der Waals surface area contributed by atoms with E-state index in [9.17, 15) is 24.0 Å². The van der Waals surface area contributed by atoms with Crippen LogP contribution >= 0.6 is 0 Å². The number of aromatic nitrogens is 2. The van der Waals surface area contributed by atoms with Crippen LogP contribution in [0.1, 0.15) is 72.4 Å². The maximum absolute atomic E-state index is 13.2. The summed E-state index contributed by atoms with van der Waals surface area (Å²) in [5, 5.41) is 8.40. The molecule has 15 nitrogen and oxygen atoms in total. The van der Waals surface area contributed by atoms with Crippen LogP contribution in [0, 0.1) is 5.92 Å². The van der Waals surface area contributed by atoms with Crippen LogP contribution in [0.3, 0.4) is 0 Å². The smallest absolute Gasteiger partial charge is 0.408 e. The van der Waals surface area contributed by atoms with Gasteiger partial charge >= 0.3 is 23.9 Å². The predicted molar refractivity (Wildman–Crippen MR) is 212 cm³/mol. The fraction of sp³-hybridized carbons (Fsp3) is 0.512. The highest BCUT2D eigenvalue weighted by Crippen LogP contribution is 2.29. The van der Waals surface area contributed by atoms with Gasteiger partial charge in [0.25, 0.3) is 0 Å². The number of carbonyl (C=O) groups excluding carboxylic acids is 4. The lowest BCUT2D eigenvalue weighted by Gasteiger charge is -2.40. The van der Waals surface area contributed by atoms with Gasteiger partial charge in [0.15, 0.2) is 0 Å². The average molecular weight is 773 g/mol. The Morgan fingerprint density at radius 2 is 1.38 bits per heavy atom. The lowest BCUT2D eigenvalue weighted by Crippen LogP contribution is -2.60. The summed E-state index contributed by atoms with van der Waals surface area (Å²) >= 11 is 0. The number of anilines is 1. The van der Waals surface area contributed by atoms with Gasteiger partial charge in [0, 0.05) is 44.5 Å². The Labute approximate surface area is 328 Å². The molecule has 2 aliphatic rings. The van der Waals surface area contributed by atoms with Gasteiger partial charge in [0.2, 0.25) is 5.91 Å². The fourth-order valence-corrected chi connectivity index (χ4v) is 6.94. The number of benzene rings is 2. The number of piperazine rings is 1. The zero-order valence-electron chi connectivity index (χ0n) is 33.6. The monoisotopic (exact) mass is 772 g/mol. The van der Waals surface area contributed by atoms with Gasteiger partial charge in [-0.3, -0.25) is 19.6 Å². The zero-order chi connectivity index (χ0) is 40.7. The minimum Gasteiger partial charge on any atom is -0.445 e. The van der Waals surface area contributed by atoms with E-state index in [-0.39, 0.29) is 44.5 Å². The summed E-state index contributed by atoms with van der Waals surface area (Å²) in [6.45, 7) is 16.5. The molecule has 0 bridgehead atoms. The summed E-state index contributed by atoms with van der Waals surface area (Å²) in [5.41, 5.74) is -0.116. The lowest BCUT2D eigenvalue weighted by atomic mass is 9.80. The molecule has 2 aromatic carbocycles. The quantitative estimate of drug-likeness (QED) is 0.253. The third-order valence-electron chi connectivity index (χ3n) is 10.1. The molecule has 0 aliphatic carbocycles. The van der Waals surface area contributed by atoms with Crippen LogP contribution in [-0.2, 0) is 27.4 Å². The number of piperidine rings is 1. The average Bonchev–Trinajstić information content (AvgIpc) is 3.14. The minimum atomic E-state index is -1.20. The number of hydrogen-bond donors (Lipinski definition) is 3. The van der Waals surface area contributed by atoms with Gasteiger partial charge in [0.1, 0.15) is 23.6 Å². The number of carbonyl (C=O) groups is 4. The molecule has 56 heavy (non-hydrogen) atoms. The van der Waals surface area contributed by atoms with Gasteiger partial charge < -0.3 is 29.9 Å². The van der Waals surface area contributed by atoms with E-state index in [4.69, 9.17) is 9.47 Å². The molecule has 3 aromatic rings. The van der Waals surface area contributed by atoms with Gasteiger partial charge in [-0.2, -0.15) is 4.98 Å². The Hall–Kier alpha value is -5.44. The van der Waals surface area contributed by atoms with E-state index < -0.39 is 40.6 Å². The van der Waals surface area contributed by atoms with E-state index in [0.29, 0.717) is 11.6 Å². The van der Waals surface area contributed by atoms with Crippen LogP contribution in [0.5, 0.6) is 0 Å². The molecule has 3 heterocycles. The van der Waals surface area contributed by atoms with Crippen molar-refractivity contribution < 1.29 is 28.7 Å². The number of urea groups is 1. The number of amides is 5. The second-order valence-corrected chi connectivity index (χ2v) is 16.6. The fourth-order valence-electron chi connectivity index (χ4n) is 6.94. The number of hydrogen-bond acceptors (Lipinski definition) is 9. The van der Waals surface area contributed by atoms with E-state index >= 15 is 0 Å². The molecular weight excluding hydrogens is 716 g/mol. The first kappa shape index (κ1) is 41.7. The number of rotatable bonds is 10. The lowest BCUT2D eigenvalue weighted by molar-refractivity contribution is -0.138. The van der Waals surface area contributed by atoms with Crippen molar-refractivity contribution in [2.75, 3.05) is 44.6 Å². The Kier molecular flexibility index (Phi) is 13.1. The van der Waals surface area contributed by atoms with Crippen molar-refractivity contribution in [1.29, 1.82) is 0 Å². The summed E-state index contributed by atoms with van der Waals surface area (Å²) in [6.07, 6.45) is 2.37. The summed E-state index contributed by atoms with van der Waals surface area (Å²) in [6, 6.07) is 18.5. The molecule has 0 saturated carbocycles. The van der Waals surface area contributed by atoms with Crippen molar-refractivity contribution in [2.45, 2.75) is 91.1 Å². The Balaban J connectivity index is 1.05. The van der Waals surface area contributed by atoms with Gasteiger partial charge in [-0.1, -0.05) is 42.5 Å². The first-order valence-electron chi connectivity index (χ1n) is 19.2. The highest BCUT2D eigenvalue weighted by atomic mass is 16.6. The van der Waals surface area contributed by atoms with Crippen LogP contribution < -0.4 is 21.6 Å². The summed E-state index contributed by atoms with van der Waals surface area (Å²) in [4.78, 5) is 73.6. The summed E-state index contributed by atoms with van der Waals surface area (Å²) in [5.74, 6) is 0.156. The van der Waals surface area contributed by atoms with Crippen LogP contribution in [0.4, 0.5) is 20.2 Å². The van der Waals surface area contributed by atoms with Crippen LogP contribution in [0.25, 0.3) is 5.69 Å². The molecule has 3 N–H and O–H groups in total. The van der Waals surface area contributed by atoms with E-state index in [2.05, 4.69) is 39.7 Å². The van der Waals surface area contributed by atoms with E-state index in [1.165, 1.54) is 4.57 Å². The van der Waals surface area contributed by atoms with Gasteiger partial charge in [0.05, 0.1) is 5.69 Å². The Morgan fingerprint density at radius 1 is 0.750 bits per heavy atom. The van der Waals surface area contributed by atoms with Crippen LogP contribution in [0.15, 0.2) is 71.7 Å². The Morgan fingerprint density at radius 3 is 1.98 bits per heavy atom. The third kappa shape index (κ3) is 11.5. The minimum absolute atomic E-state index is 0.125. The van der Waals surface area contributed by atoms with Gasteiger partial charge in [-0.15, -0.1) is 0 Å². The maximum Gasteiger partial charge on any atom is 0.408 e. The van der Waals surface area contributed by atoms with Crippen molar-refractivity contribution in [1.82, 2.24) is 34.9 Å². The van der Waals surface area contributed by atoms with Crippen molar-refractivity contribution in [2.24, 2.45) is 5.92 Å². The maximum atomic E-state index is 13.2. The number of likely N-dealkylation sites (tertiary alicyclic amines) is 1. The first-order valence-corrected chi connectivity index (χ1v) is 19.2. The summed E-state index contributed by atoms with van der Waals surface area (Å²) < 4.78 is 12.2. The van der Waals surface area contributed by atoms with Gasteiger partial charge in [-0.05, 0) is 110 Å². The molecule has 302 valence electrons. The van der Waals surface area contributed by atoms with E-state index in [1.807, 2.05) is 54.6 Å². The third-order valence-corrected chi connectivity index (χ3v) is 10.1. The first-order chi connectivity index (χ1) is 26.4. The van der Waals surface area contributed by atoms with Crippen LogP contribution in [-0.4, -0.2) is 104 Å². The molecular formula is C41H56N8O7. The molecule has 5 amide bonds. The topological polar surface area (TPSA) is 167 Å². The van der Waals surface area contributed by atoms with Crippen molar-refractivity contribution in [3.63, 3.8) is 0 Å². The molecule has 2 fully saturated rings. The van der Waals surface area contributed by atoms with Crippen LogP contribution in [0.2, 0.25) is 0 Å². The molecule has 0 unspecified atom stereocenters. The normalized spacial score (nSPS) is 15.8. The summed E-state index contributed by atoms with van der Waals surface area (Å²) in [7, 11) is 0. The number of nitrogens with one attached hydrogen (secondary N) is 3. The number of ether oxygens (including phenoxy) is 2. The molecule has 2 saturated heterocycles. The highest BCUT2D eigenvalue weighted by Gasteiger charge is 2.37. The molecule has 0 radical (unpaired) electrons. The second-order valence-electron chi connectivity index (χ2n) is 16.6. The highest BCUT2D eigenvalue weighted by molar-refractivity contribution is 5.90. The second kappa shape index (κ2) is 17.6. The Bertz CT molecular complexity index is 1890. The molecule has 15 heteroatoms. The van der Waals surface area contributed by atoms with Crippen molar-refractivity contribution in [3.8, 4) is 5.69 Å². The molecule has 5 rings (SSSR count). The number of nitrogens with zero attached hydrogens (tertiary/aromatic N) is 5. The largest absolute Gasteiger partial charge is 0.445 e. The zero-order valence-corrected chi connectivity index (χ0v) is 33.6. The van der Waals surface area contributed by atoms with Crippen molar-refractivity contribution in [3.05, 3.63) is 88.5 Å². The standard InChI is InChI=1S/C41H56N8O7/c1-39(2,3)56-38(54)45-41(6,7)34(50)47-23-25-48(26-24-47)35(51)42-33-19-22-49(36(52)43-33)32-15-13-29(14-16-32)27-46-20-17-31(18-21-46)40(4,5)44-37(53)55-28-30-11-9-8-10-12-30/h8-16,19,22,31H,17-18,20-21,23-28H2,1-7H3,(H,44,53)(H,45,54)(H,42,43,51,52). The van der Waals surface area contributed by atoms with E-state index in [1.54, 1.807) is 56.7 Å². The number of alkyl carbamates (subject to hydrolysis) is 2. The SMILES string of the molecule is CC(C)(C)OC(=O)NC(C)(C)C(=O)N1CCN(C(=O)Nc2ccn(-c3ccc(CN4CCC(C(C)(C)NC(=O)OCc5ccccc5)CC4)cc3)c(=O)n2)CC1.